The lowest BCUT2D eigenvalue weighted by Gasteiger charge is -2.03. The van der Waals surface area contributed by atoms with E-state index in [2.05, 4.69) is 16.5 Å². The van der Waals surface area contributed by atoms with Crippen LogP contribution in [0, 0.1) is 0 Å². The van der Waals surface area contributed by atoms with Gasteiger partial charge in [-0.3, -0.25) is 0 Å². The summed E-state index contributed by atoms with van der Waals surface area (Å²) in [6.45, 7) is 5.73. The molecule has 3 nitrogen and oxygen atoms in total. The maximum absolute atomic E-state index is 13.8. The normalized spacial score (nSPS) is 11.6. The van der Waals surface area contributed by atoms with Gasteiger partial charge < -0.3 is 5.73 Å². The number of allylic oxidation sites excluding steroid dienone is 2. The second-order valence-corrected chi connectivity index (χ2v) is 4.18. The lowest BCUT2D eigenvalue weighted by atomic mass is 10.1. The van der Waals surface area contributed by atoms with Crippen molar-refractivity contribution in [2.24, 2.45) is 0 Å². The van der Waals surface area contributed by atoms with Crippen molar-refractivity contribution in [1.82, 2.24) is 9.97 Å². The summed E-state index contributed by atoms with van der Waals surface area (Å²) in [6.07, 6.45) is 4.97. The zero-order chi connectivity index (χ0) is 12.8. The van der Waals surface area contributed by atoms with Crippen LogP contribution >= 0.6 is 11.6 Å². The molecule has 0 fully saturated rings. The second kappa shape index (κ2) is 6.35. The van der Waals surface area contributed by atoms with Gasteiger partial charge >= 0.3 is 0 Å². The fourth-order valence-electron chi connectivity index (χ4n) is 1.33. The van der Waals surface area contributed by atoms with Crippen LogP contribution in [-0.4, -0.2) is 9.97 Å². The smallest absolute Gasteiger partial charge is 0.144 e. The molecular weight excluding hydrogens is 241 g/mol. The predicted octanol–water partition coefficient (Wildman–Crippen LogP) is 3.77. The molecule has 17 heavy (non-hydrogen) atoms. The van der Waals surface area contributed by atoms with Crippen LogP contribution in [0.1, 0.15) is 31.7 Å². The fourth-order valence-corrected chi connectivity index (χ4v) is 1.56. The van der Waals surface area contributed by atoms with Crippen molar-refractivity contribution in [3.05, 3.63) is 35.3 Å². The average Bonchev–Trinajstić information content (AvgIpc) is 2.24. The number of nitrogens with zero attached hydrogens (tertiary/aromatic N) is 2. The van der Waals surface area contributed by atoms with E-state index in [1.54, 1.807) is 0 Å². The third kappa shape index (κ3) is 4.15. The van der Waals surface area contributed by atoms with Crippen molar-refractivity contribution in [3.8, 4) is 0 Å². The molecule has 0 spiro atoms. The van der Waals surface area contributed by atoms with Crippen molar-refractivity contribution in [1.29, 1.82) is 0 Å². The molecule has 0 unspecified atom stereocenters. The highest BCUT2D eigenvalue weighted by molar-refractivity contribution is 6.31. The number of hydrogen-bond acceptors (Lipinski definition) is 3. The molecular formula is C12H15ClFN3. The van der Waals surface area contributed by atoms with Gasteiger partial charge in [0.05, 0.1) is 5.56 Å². The standard InChI is InChI=1S/C12H15ClFN3/c1-8(2)5-3-4-6-9(14)10-11(13)16-7-17-12(10)15/h6-7H,1,3-5H2,2H3,(H2,15,16,17)/b9-6+. The van der Waals surface area contributed by atoms with E-state index < -0.39 is 5.83 Å². The van der Waals surface area contributed by atoms with Crippen LogP contribution in [0.3, 0.4) is 0 Å². The summed E-state index contributed by atoms with van der Waals surface area (Å²) in [4.78, 5) is 7.40. The minimum absolute atomic E-state index is 0.0335. The zero-order valence-electron chi connectivity index (χ0n) is 9.71. The summed E-state index contributed by atoms with van der Waals surface area (Å²) in [7, 11) is 0. The Hall–Kier alpha value is -1.42. The maximum atomic E-state index is 13.8. The molecule has 0 aliphatic rings. The van der Waals surface area contributed by atoms with E-state index in [1.807, 2.05) is 6.92 Å². The highest BCUT2D eigenvalue weighted by atomic mass is 35.5. The molecule has 1 aromatic rings. The summed E-state index contributed by atoms with van der Waals surface area (Å²) < 4.78 is 13.8. The van der Waals surface area contributed by atoms with Crippen LogP contribution in [0.2, 0.25) is 5.15 Å². The molecule has 0 aromatic carbocycles. The molecule has 0 aliphatic carbocycles. The van der Waals surface area contributed by atoms with Crippen LogP contribution < -0.4 is 5.73 Å². The summed E-state index contributed by atoms with van der Waals surface area (Å²) >= 11 is 5.76. The lowest BCUT2D eigenvalue weighted by molar-refractivity contribution is 0.743. The lowest BCUT2D eigenvalue weighted by Crippen LogP contribution is -1.98. The molecule has 1 heterocycles. The van der Waals surface area contributed by atoms with Gasteiger partial charge in [0.2, 0.25) is 0 Å². The second-order valence-electron chi connectivity index (χ2n) is 3.83. The van der Waals surface area contributed by atoms with Gasteiger partial charge in [-0.1, -0.05) is 17.2 Å². The van der Waals surface area contributed by atoms with E-state index in [1.165, 1.54) is 12.4 Å². The summed E-state index contributed by atoms with van der Waals surface area (Å²) in [5.74, 6) is -0.423. The van der Waals surface area contributed by atoms with E-state index in [4.69, 9.17) is 17.3 Å². The quantitative estimate of drug-likeness (QED) is 0.495. The van der Waals surface area contributed by atoms with Gasteiger partial charge in [-0.05, 0) is 32.3 Å². The van der Waals surface area contributed by atoms with Gasteiger partial charge in [-0.25, -0.2) is 14.4 Å². The van der Waals surface area contributed by atoms with E-state index in [9.17, 15) is 4.39 Å². The first-order valence-electron chi connectivity index (χ1n) is 5.28. The van der Waals surface area contributed by atoms with E-state index >= 15 is 0 Å². The monoisotopic (exact) mass is 255 g/mol. The molecule has 1 aromatic heterocycles. The Morgan fingerprint density at radius 2 is 2.29 bits per heavy atom. The van der Waals surface area contributed by atoms with Crippen molar-refractivity contribution < 1.29 is 4.39 Å². The number of nitrogens with two attached hydrogens (primary N) is 1. The van der Waals surface area contributed by atoms with Gasteiger partial charge in [0.25, 0.3) is 0 Å². The molecule has 2 N–H and O–H groups in total. The third-order valence-electron chi connectivity index (χ3n) is 2.20. The van der Waals surface area contributed by atoms with Gasteiger partial charge in [0.15, 0.2) is 0 Å². The predicted molar refractivity (Wildman–Crippen MR) is 69.2 cm³/mol. The molecule has 0 aliphatic heterocycles. The zero-order valence-corrected chi connectivity index (χ0v) is 10.5. The van der Waals surface area contributed by atoms with Crippen molar-refractivity contribution >= 4 is 23.2 Å². The first-order chi connectivity index (χ1) is 8.02. The van der Waals surface area contributed by atoms with Gasteiger partial charge in [-0.2, -0.15) is 0 Å². The number of anilines is 1. The Balaban J connectivity index is 2.71. The Morgan fingerprint density at radius 1 is 1.59 bits per heavy atom. The number of rotatable bonds is 5. The molecule has 0 bridgehead atoms. The minimum atomic E-state index is -0.477. The first kappa shape index (κ1) is 13.6. The van der Waals surface area contributed by atoms with Crippen molar-refractivity contribution in [3.63, 3.8) is 0 Å². The molecule has 0 saturated heterocycles. The number of halogens is 2. The van der Waals surface area contributed by atoms with Crippen LogP contribution in [0.15, 0.2) is 24.6 Å². The van der Waals surface area contributed by atoms with Gasteiger partial charge in [0.1, 0.15) is 23.1 Å². The van der Waals surface area contributed by atoms with E-state index in [0.29, 0.717) is 6.42 Å². The Labute approximate surface area is 105 Å². The molecule has 0 saturated carbocycles. The molecule has 92 valence electrons. The molecule has 0 amide bonds. The fraction of sp³-hybridized carbons (Fsp3) is 0.333. The summed E-state index contributed by atoms with van der Waals surface area (Å²) in [5.41, 5.74) is 6.70. The van der Waals surface area contributed by atoms with Crippen LogP contribution in [0.25, 0.3) is 5.83 Å². The van der Waals surface area contributed by atoms with Crippen LogP contribution in [-0.2, 0) is 0 Å². The largest absolute Gasteiger partial charge is 0.383 e. The van der Waals surface area contributed by atoms with Gasteiger partial charge in [-0.15, -0.1) is 6.58 Å². The Kier molecular flexibility index (Phi) is 5.10. The molecule has 1 rings (SSSR count). The van der Waals surface area contributed by atoms with Crippen LogP contribution in [0.5, 0.6) is 0 Å². The summed E-state index contributed by atoms with van der Waals surface area (Å²) in [6, 6.07) is 0. The first-order valence-corrected chi connectivity index (χ1v) is 5.66. The number of unbranched alkanes of at least 4 members (excludes halogenated alkanes) is 1. The van der Waals surface area contributed by atoms with Crippen LogP contribution in [0.4, 0.5) is 10.2 Å². The average molecular weight is 256 g/mol. The van der Waals surface area contributed by atoms with E-state index in [0.717, 1.165) is 18.4 Å². The highest BCUT2D eigenvalue weighted by Crippen LogP contribution is 2.27. The summed E-state index contributed by atoms with van der Waals surface area (Å²) in [5, 5.41) is 0.0335. The third-order valence-corrected chi connectivity index (χ3v) is 2.49. The number of nitrogen functional groups attached to an aromatic ring is 1. The maximum Gasteiger partial charge on any atom is 0.144 e. The topological polar surface area (TPSA) is 51.8 Å². The SMILES string of the molecule is C=C(C)CCC/C=C(/F)c1c(N)ncnc1Cl. The Bertz CT molecular complexity index is 423. The van der Waals surface area contributed by atoms with Crippen molar-refractivity contribution in [2.75, 3.05) is 5.73 Å². The molecule has 5 heteroatoms. The molecule has 0 radical (unpaired) electrons. The van der Waals surface area contributed by atoms with Crippen molar-refractivity contribution in [2.45, 2.75) is 26.2 Å². The Morgan fingerprint density at radius 3 is 2.88 bits per heavy atom. The number of aromatic nitrogens is 2. The minimum Gasteiger partial charge on any atom is -0.383 e. The van der Waals surface area contributed by atoms with Gasteiger partial charge in [0, 0.05) is 0 Å². The highest BCUT2D eigenvalue weighted by Gasteiger charge is 2.11. The number of hydrogen-bond donors (Lipinski definition) is 1. The van der Waals surface area contributed by atoms with E-state index in [-0.39, 0.29) is 16.5 Å². The molecule has 0 atom stereocenters.